The summed E-state index contributed by atoms with van der Waals surface area (Å²) in [7, 11) is 3.39. The predicted molar refractivity (Wildman–Crippen MR) is 114 cm³/mol. The van der Waals surface area contributed by atoms with E-state index in [4.69, 9.17) is 10.1 Å². The zero-order valence-corrected chi connectivity index (χ0v) is 17.3. The van der Waals surface area contributed by atoms with Gasteiger partial charge in [-0.3, -0.25) is 9.78 Å². The topological polar surface area (TPSA) is 105 Å². The van der Waals surface area contributed by atoms with Crippen molar-refractivity contribution in [2.24, 2.45) is 13.0 Å². The molecule has 29 heavy (non-hydrogen) atoms. The highest BCUT2D eigenvalue weighted by atomic mass is 16.5. The van der Waals surface area contributed by atoms with Crippen LogP contribution in [-0.4, -0.2) is 40.7 Å². The standard InChI is InChI=1S/C21H28N6O2/c1-13(22)8-16(23-3)11-24-19-10-20(26-27(4)21(19)28)29-12-15-9-17(15)18-7-5-6-14(2)25-18/h5-8,10,15,17,22-24H,9,11-12H2,1-4H3/b16-8-,22-13?/t15?,17-/m0/s1. The first-order valence-electron chi connectivity index (χ1n) is 9.69. The molecule has 0 spiro atoms. The van der Waals surface area contributed by atoms with E-state index in [-0.39, 0.29) is 5.56 Å². The number of ether oxygens (including phenoxy) is 1. The Bertz CT molecular complexity index is 981. The first-order valence-corrected chi connectivity index (χ1v) is 9.69. The lowest BCUT2D eigenvalue weighted by Crippen LogP contribution is -2.26. The molecule has 3 rings (SSSR count). The lowest BCUT2D eigenvalue weighted by molar-refractivity contribution is 0.278. The number of pyridine rings is 1. The van der Waals surface area contributed by atoms with Crippen LogP contribution >= 0.6 is 0 Å². The molecule has 2 atom stereocenters. The number of hydrogen-bond donors (Lipinski definition) is 3. The van der Waals surface area contributed by atoms with E-state index in [9.17, 15) is 4.79 Å². The second kappa shape index (κ2) is 8.89. The Labute approximate surface area is 170 Å². The van der Waals surface area contributed by atoms with Crippen LogP contribution in [0.5, 0.6) is 5.88 Å². The summed E-state index contributed by atoms with van der Waals surface area (Å²) in [6.45, 7) is 4.64. The predicted octanol–water partition coefficient (Wildman–Crippen LogP) is 2.22. The molecule has 1 aliphatic rings. The van der Waals surface area contributed by atoms with Gasteiger partial charge in [0.25, 0.3) is 5.56 Å². The molecule has 1 fully saturated rings. The number of anilines is 1. The Morgan fingerprint density at radius 1 is 1.45 bits per heavy atom. The van der Waals surface area contributed by atoms with E-state index < -0.39 is 0 Å². The van der Waals surface area contributed by atoms with Crippen LogP contribution in [0.2, 0.25) is 0 Å². The van der Waals surface area contributed by atoms with Crippen LogP contribution in [0.3, 0.4) is 0 Å². The molecule has 1 aliphatic carbocycles. The SMILES string of the molecule is CN/C(=C\C(C)=N)CNc1cc(OCC2C[C@@H]2c2cccc(C)n2)nn(C)c1=O. The summed E-state index contributed by atoms with van der Waals surface area (Å²) < 4.78 is 7.16. The molecule has 1 unspecified atom stereocenters. The highest BCUT2D eigenvalue weighted by Gasteiger charge is 2.40. The molecular weight excluding hydrogens is 368 g/mol. The average Bonchev–Trinajstić information content (AvgIpc) is 3.46. The summed E-state index contributed by atoms with van der Waals surface area (Å²) >= 11 is 0. The Kier molecular flexibility index (Phi) is 6.31. The average molecular weight is 396 g/mol. The van der Waals surface area contributed by atoms with Crippen molar-refractivity contribution < 1.29 is 4.74 Å². The fourth-order valence-corrected chi connectivity index (χ4v) is 3.20. The summed E-state index contributed by atoms with van der Waals surface area (Å²) in [6.07, 6.45) is 2.76. The van der Waals surface area contributed by atoms with Crippen molar-refractivity contribution in [1.82, 2.24) is 20.1 Å². The van der Waals surface area contributed by atoms with E-state index >= 15 is 0 Å². The molecule has 3 N–H and O–H groups in total. The van der Waals surface area contributed by atoms with Crippen molar-refractivity contribution in [3.05, 3.63) is 57.8 Å². The van der Waals surface area contributed by atoms with Gasteiger partial charge in [0.15, 0.2) is 0 Å². The van der Waals surface area contributed by atoms with Gasteiger partial charge in [-0.05, 0) is 38.5 Å². The zero-order valence-electron chi connectivity index (χ0n) is 17.3. The number of likely N-dealkylation sites (N-methyl/N-ethyl adjacent to an activating group) is 1. The maximum atomic E-state index is 12.4. The van der Waals surface area contributed by atoms with Crippen molar-refractivity contribution in [3.63, 3.8) is 0 Å². The third kappa shape index (κ3) is 5.43. The third-order valence-electron chi connectivity index (χ3n) is 4.88. The minimum Gasteiger partial charge on any atom is -0.476 e. The van der Waals surface area contributed by atoms with Crippen LogP contribution in [0, 0.1) is 18.3 Å². The molecule has 0 saturated heterocycles. The fourth-order valence-electron chi connectivity index (χ4n) is 3.20. The molecule has 1 saturated carbocycles. The minimum atomic E-state index is -0.229. The van der Waals surface area contributed by atoms with Gasteiger partial charge in [0, 0.05) is 54.8 Å². The molecule has 0 radical (unpaired) electrons. The van der Waals surface area contributed by atoms with Crippen LogP contribution in [0.1, 0.15) is 30.7 Å². The monoisotopic (exact) mass is 396 g/mol. The number of nitrogens with one attached hydrogen (secondary N) is 3. The van der Waals surface area contributed by atoms with E-state index in [0.717, 1.165) is 23.5 Å². The van der Waals surface area contributed by atoms with Gasteiger partial charge < -0.3 is 20.8 Å². The van der Waals surface area contributed by atoms with Crippen molar-refractivity contribution in [1.29, 1.82) is 5.41 Å². The van der Waals surface area contributed by atoms with Crippen molar-refractivity contribution in [2.75, 3.05) is 25.5 Å². The number of allylic oxidation sites excluding steroid dienone is 1. The molecular formula is C21H28N6O2. The normalized spacial score (nSPS) is 18.3. The lowest BCUT2D eigenvalue weighted by Gasteiger charge is -2.12. The second-order valence-corrected chi connectivity index (χ2v) is 7.40. The Morgan fingerprint density at radius 3 is 2.93 bits per heavy atom. The van der Waals surface area contributed by atoms with E-state index in [1.54, 1.807) is 33.2 Å². The maximum absolute atomic E-state index is 12.4. The lowest BCUT2D eigenvalue weighted by atomic mass is 10.2. The summed E-state index contributed by atoms with van der Waals surface area (Å²) in [5.74, 6) is 1.25. The minimum absolute atomic E-state index is 0.229. The number of aryl methyl sites for hydroxylation is 2. The van der Waals surface area contributed by atoms with Gasteiger partial charge >= 0.3 is 0 Å². The number of rotatable bonds is 9. The Balaban J connectivity index is 1.62. The zero-order chi connectivity index (χ0) is 21.0. The number of nitrogens with zero attached hydrogens (tertiary/aromatic N) is 3. The molecule has 2 aromatic rings. The smallest absolute Gasteiger partial charge is 0.290 e. The molecule has 0 amide bonds. The van der Waals surface area contributed by atoms with Gasteiger partial charge in [-0.2, -0.15) is 0 Å². The molecule has 154 valence electrons. The Hall–Kier alpha value is -3.16. The molecule has 8 nitrogen and oxygen atoms in total. The molecule has 2 heterocycles. The van der Waals surface area contributed by atoms with Gasteiger partial charge in [0.1, 0.15) is 5.69 Å². The highest BCUT2D eigenvalue weighted by Crippen LogP contribution is 2.46. The van der Waals surface area contributed by atoms with Gasteiger partial charge in [0.2, 0.25) is 5.88 Å². The fraction of sp³-hybridized carbons (Fsp3) is 0.429. The van der Waals surface area contributed by atoms with Crippen molar-refractivity contribution >= 4 is 11.4 Å². The first kappa shape index (κ1) is 20.6. The summed E-state index contributed by atoms with van der Waals surface area (Å²) in [5, 5.41) is 17.9. The number of hydrogen-bond acceptors (Lipinski definition) is 7. The summed E-state index contributed by atoms with van der Waals surface area (Å²) in [5.41, 5.74) is 3.57. The molecule has 0 bridgehead atoms. The quantitative estimate of drug-likeness (QED) is 0.562. The number of aromatic nitrogens is 3. The van der Waals surface area contributed by atoms with E-state index in [0.29, 0.717) is 42.3 Å². The molecule has 2 aromatic heterocycles. The van der Waals surface area contributed by atoms with Crippen LogP contribution in [0.15, 0.2) is 40.8 Å². The van der Waals surface area contributed by atoms with E-state index in [1.165, 1.54) is 4.68 Å². The molecule has 0 aromatic carbocycles. The van der Waals surface area contributed by atoms with Gasteiger partial charge in [-0.15, -0.1) is 5.10 Å². The Morgan fingerprint density at radius 2 is 2.24 bits per heavy atom. The largest absolute Gasteiger partial charge is 0.476 e. The van der Waals surface area contributed by atoms with Crippen LogP contribution in [0.4, 0.5) is 5.69 Å². The summed E-state index contributed by atoms with van der Waals surface area (Å²) in [6, 6.07) is 7.73. The third-order valence-corrected chi connectivity index (χ3v) is 4.88. The van der Waals surface area contributed by atoms with Crippen LogP contribution in [-0.2, 0) is 7.05 Å². The van der Waals surface area contributed by atoms with Gasteiger partial charge in [-0.1, -0.05) is 6.07 Å². The molecule has 0 aliphatic heterocycles. The van der Waals surface area contributed by atoms with Gasteiger partial charge in [-0.25, -0.2) is 4.68 Å². The maximum Gasteiger partial charge on any atom is 0.290 e. The van der Waals surface area contributed by atoms with Crippen LogP contribution in [0.25, 0.3) is 0 Å². The van der Waals surface area contributed by atoms with Crippen LogP contribution < -0.4 is 20.9 Å². The van der Waals surface area contributed by atoms with Crippen molar-refractivity contribution in [2.45, 2.75) is 26.2 Å². The van der Waals surface area contributed by atoms with Crippen molar-refractivity contribution in [3.8, 4) is 5.88 Å². The van der Waals surface area contributed by atoms with E-state index in [2.05, 4.69) is 26.8 Å². The van der Waals surface area contributed by atoms with Gasteiger partial charge in [0.05, 0.1) is 13.2 Å². The van der Waals surface area contributed by atoms with E-state index in [1.807, 2.05) is 19.1 Å². The second-order valence-electron chi connectivity index (χ2n) is 7.40. The summed E-state index contributed by atoms with van der Waals surface area (Å²) in [4.78, 5) is 17.0. The molecule has 8 heteroatoms. The first-order chi connectivity index (χ1) is 13.9. The highest BCUT2D eigenvalue weighted by molar-refractivity contribution is 5.90.